The summed E-state index contributed by atoms with van der Waals surface area (Å²) in [6, 6.07) is 13.1. The number of hydrogen-bond donors (Lipinski definition) is 2. The van der Waals surface area contributed by atoms with Gasteiger partial charge in [-0.25, -0.2) is 4.79 Å². The van der Waals surface area contributed by atoms with Crippen LogP contribution in [0.4, 0.5) is 10.5 Å². The molecular weight excluding hydrogens is 388 g/mol. The summed E-state index contributed by atoms with van der Waals surface area (Å²) in [5, 5.41) is 14.3. The summed E-state index contributed by atoms with van der Waals surface area (Å²) in [5.41, 5.74) is 4.81. The Balaban J connectivity index is 1.68. The first-order chi connectivity index (χ1) is 14.9. The number of likely N-dealkylation sites (tertiary alicyclic amines) is 1. The van der Waals surface area contributed by atoms with Gasteiger partial charge in [0.15, 0.2) is 0 Å². The molecule has 1 saturated heterocycles. The molecule has 2 aromatic rings. The van der Waals surface area contributed by atoms with Crippen molar-refractivity contribution in [3.8, 4) is 18.4 Å². The number of anilines is 1. The van der Waals surface area contributed by atoms with E-state index in [4.69, 9.17) is 11.7 Å². The molecule has 0 atom stereocenters. The number of aryl methyl sites for hydroxylation is 2. The third-order valence-corrected chi connectivity index (χ3v) is 5.69. The molecule has 2 N–H and O–H groups in total. The van der Waals surface area contributed by atoms with Crippen LogP contribution in [0.3, 0.4) is 0 Å². The Kier molecular flexibility index (Phi) is 6.95. The van der Waals surface area contributed by atoms with Gasteiger partial charge in [0.25, 0.3) is 5.91 Å². The van der Waals surface area contributed by atoms with Crippen molar-refractivity contribution in [2.75, 3.05) is 25.0 Å². The van der Waals surface area contributed by atoms with Crippen LogP contribution in [0, 0.1) is 37.5 Å². The lowest BCUT2D eigenvalue weighted by Crippen LogP contribution is -2.38. The summed E-state index contributed by atoms with van der Waals surface area (Å²) in [7, 11) is 0. The second-order valence-corrected chi connectivity index (χ2v) is 7.79. The van der Waals surface area contributed by atoms with Crippen molar-refractivity contribution in [1.29, 1.82) is 5.26 Å². The lowest BCUT2D eigenvalue weighted by atomic mass is 9.88. The lowest BCUT2D eigenvalue weighted by molar-refractivity contribution is 0.0712. The minimum atomic E-state index is -0.397. The van der Waals surface area contributed by atoms with Gasteiger partial charge in [-0.1, -0.05) is 24.1 Å². The van der Waals surface area contributed by atoms with E-state index < -0.39 is 6.03 Å². The van der Waals surface area contributed by atoms with Gasteiger partial charge in [0.2, 0.25) is 0 Å². The van der Waals surface area contributed by atoms with Crippen molar-refractivity contribution in [1.82, 2.24) is 10.2 Å². The average molecular weight is 415 g/mol. The van der Waals surface area contributed by atoms with Crippen LogP contribution in [0.2, 0.25) is 0 Å². The van der Waals surface area contributed by atoms with Gasteiger partial charge in [-0.15, -0.1) is 6.42 Å². The molecule has 6 nitrogen and oxygen atoms in total. The smallest absolute Gasteiger partial charge is 0.320 e. The number of hydrogen-bond acceptors (Lipinski definition) is 3. The molecule has 0 saturated carbocycles. The quantitative estimate of drug-likeness (QED) is 0.743. The molecule has 3 amide bonds. The molecule has 1 fully saturated rings. The monoisotopic (exact) mass is 414 g/mol. The maximum atomic E-state index is 13.2. The maximum absolute atomic E-state index is 13.2. The number of carbonyl (C=O) groups excluding carboxylic acids is 2. The van der Waals surface area contributed by atoms with E-state index in [2.05, 4.69) is 22.6 Å². The molecule has 0 radical (unpaired) electrons. The summed E-state index contributed by atoms with van der Waals surface area (Å²) in [6.45, 7) is 5.27. The van der Waals surface area contributed by atoms with Gasteiger partial charge in [0.05, 0.1) is 18.2 Å². The zero-order chi connectivity index (χ0) is 22.4. The van der Waals surface area contributed by atoms with Crippen LogP contribution < -0.4 is 10.6 Å². The Morgan fingerprint density at radius 3 is 2.42 bits per heavy atom. The SMILES string of the molecule is C#CCNC(=O)Nc1cc(C(=O)N2CCC(c3ccc(C#N)cc3)CC2)c(C)cc1C. The lowest BCUT2D eigenvalue weighted by Gasteiger charge is -2.33. The standard InChI is InChI=1S/C25H26N4O2/c1-4-11-27-25(31)28-23-15-22(17(2)14-18(23)3)24(30)29-12-9-21(10-13-29)20-7-5-19(16-26)6-8-20/h1,5-8,14-15,21H,9-13H2,2-3H3,(H2,27,28,31). The Labute approximate surface area is 183 Å². The number of terminal acetylenes is 1. The van der Waals surface area contributed by atoms with Gasteiger partial charge in [0.1, 0.15) is 0 Å². The predicted molar refractivity (Wildman–Crippen MR) is 121 cm³/mol. The first-order valence-corrected chi connectivity index (χ1v) is 10.3. The molecular formula is C25H26N4O2. The summed E-state index contributed by atoms with van der Waals surface area (Å²) < 4.78 is 0. The Bertz CT molecular complexity index is 1050. The van der Waals surface area contributed by atoms with E-state index in [-0.39, 0.29) is 12.5 Å². The van der Waals surface area contributed by atoms with E-state index in [1.807, 2.05) is 49.1 Å². The molecule has 0 unspecified atom stereocenters. The summed E-state index contributed by atoms with van der Waals surface area (Å²) in [4.78, 5) is 27.1. The van der Waals surface area contributed by atoms with Crippen LogP contribution in [-0.4, -0.2) is 36.5 Å². The highest BCUT2D eigenvalue weighted by atomic mass is 16.2. The van der Waals surface area contributed by atoms with Crippen molar-refractivity contribution in [2.24, 2.45) is 0 Å². The Morgan fingerprint density at radius 2 is 1.81 bits per heavy atom. The molecule has 1 aliphatic heterocycles. The van der Waals surface area contributed by atoms with E-state index in [0.29, 0.717) is 35.8 Å². The van der Waals surface area contributed by atoms with Crippen LogP contribution >= 0.6 is 0 Å². The van der Waals surface area contributed by atoms with Gasteiger partial charge < -0.3 is 15.5 Å². The summed E-state index contributed by atoms with van der Waals surface area (Å²) in [6.07, 6.45) is 6.93. The number of amides is 3. The average Bonchev–Trinajstić information content (AvgIpc) is 2.79. The minimum Gasteiger partial charge on any atom is -0.339 e. The third-order valence-electron chi connectivity index (χ3n) is 5.69. The van der Waals surface area contributed by atoms with Crippen molar-refractivity contribution in [2.45, 2.75) is 32.6 Å². The van der Waals surface area contributed by atoms with Crippen molar-refractivity contribution < 1.29 is 9.59 Å². The number of urea groups is 1. The van der Waals surface area contributed by atoms with Crippen molar-refractivity contribution in [3.05, 3.63) is 64.2 Å². The Morgan fingerprint density at radius 1 is 1.13 bits per heavy atom. The molecule has 1 heterocycles. The van der Waals surface area contributed by atoms with Crippen LogP contribution in [0.15, 0.2) is 36.4 Å². The van der Waals surface area contributed by atoms with Gasteiger partial charge in [-0.05, 0) is 67.5 Å². The van der Waals surface area contributed by atoms with E-state index in [0.717, 1.165) is 24.0 Å². The number of piperidine rings is 1. The molecule has 31 heavy (non-hydrogen) atoms. The molecule has 158 valence electrons. The molecule has 0 bridgehead atoms. The van der Waals surface area contributed by atoms with E-state index in [1.165, 1.54) is 5.56 Å². The van der Waals surface area contributed by atoms with E-state index >= 15 is 0 Å². The van der Waals surface area contributed by atoms with E-state index in [9.17, 15) is 9.59 Å². The largest absolute Gasteiger partial charge is 0.339 e. The number of carbonyl (C=O) groups is 2. The molecule has 0 aromatic heterocycles. The van der Waals surface area contributed by atoms with Crippen molar-refractivity contribution >= 4 is 17.6 Å². The highest BCUT2D eigenvalue weighted by molar-refractivity contribution is 5.98. The molecule has 0 aliphatic carbocycles. The predicted octanol–water partition coefficient (Wildman–Crippen LogP) is 3.95. The number of nitriles is 1. The highest BCUT2D eigenvalue weighted by Crippen LogP contribution is 2.30. The van der Waals surface area contributed by atoms with Crippen LogP contribution in [0.25, 0.3) is 0 Å². The number of nitrogens with one attached hydrogen (secondary N) is 2. The fourth-order valence-electron chi connectivity index (χ4n) is 3.93. The highest BCUT2D eigenvalue weighted by Gasteiger charge is 2.26. The summed E-state index contributed by atoms with van der Waals surface area (Å²) >= 11 is 0. The second-order valence-electron chi connectivity index (χ2n) is 7.79. The zero-order valence-electron chi connectivity index (χ0n) is 17.9. The van der Waals surface area contributed by atoms with Crippen LogP contribution in [-0.2, 0) is 0 Å². The van der Waals surface area contributed by atoms with Gasteiger partial charge in [-0.3, -0.25) is 4.79 Å². The fourth-order valence-corrected chi connectivity index (χ4v) is 3.93. The zero-order valence-corrected chi connectivity index (χ0v) is 17.9. The molecule has 2 aromatic carbocycles. The molecule has 6 heteroatoms. The fraction of sp³-hybridized carbons (Fsp3) is 0.320. The minimum absolute atomic E-state index is 0.0251. The Hall–Kier alpha value is -3.77. The third kappa shape index (κ3) is 5.24. The first-order valence-electron chi connectivity index (χ1n) is 10.3. The number of rotatable bonds is 4. The van der Waals surface area contributed by atoms with Gasteiger partial charge in [0, 0.05) is 24.3 Å². The normalized spacial score (nSPS) is 13.7. The van der Waals surface area contributed by atoms with Gasteiger partial charge in [-0.2, -0.15) is 5.26 Å². The van der Waals surface area contributed by atoms with Crippen LogP contribution in [0.1, 0.15) is 51.4 Å². The van der Waals surface area contributed by atoms with Crippen molar-refractivity contribution in [3.63, 3.8) is 0 Å². The first kappa shape index (κ1) is 21.9. The number of benzene rings is 2. The molecule has 1 aliphatic rings. The number of nitrogens with zero attached hydrogens (tertiary/aromatic N) is 2. The van der Waals surface area contributed by atoms with E-state index in [1.54, 1.807) is 6.07 Å². The topological polar surface area (TPSA) is 85.2 Å². The van der Waals surface area contributed by atoms with Crippen LogP contribution in [0.5, 0.6) is 0 Å². The molecule has 3 rings (SSSR count). The summed E-state index contributed by atoms with van der Waals surface area (Å²) in [5.74, 6) is 2.71. The molecule has 0 spiro atoms. The van der Waals surface area contributed by atoms with Gasteiger partial charge >= 0.3 is 6.03 Å². The maximum Gasteiger partial charge on any atom is 0.320 e. The second kappa shape index (κ2) is 9.82.